The first-order valence-corrected chi connectivity index (χ1v) is 5.52. The Balaban J connectivity index is 1.86. The molecule has 1 aliphatic heterocycles. The molecule has 1 heterocycles. The summed E-state index contributed by atoms with van der Waals surface area (Å²) < 4.78 is 26.5. The van der Waals surface area contributed by atoms with Crippen LogP contribution in [0.5, 0.6) is 0 Å². The van der Waals surface area contributed by atoms with Crippen LogP contribution in [0, 0.1) is 5.92 Å². The lowest BCUT2D eigenvalue weighted by atomic mass is 10.1. The Morgan fingerprint density at radius 2 is 2.13 bits per heavy atom. The van der Waals surface area contributed by atoms with Crippen molar-refractivity contribution in [3.8, 4) is 0 Å². The van der Waals surface area contributed by atoms with Crippen molar-refractivity contribution in [1.82, 2.24) is 4.90 Å². The van der Waals surface area contributed by atoms with E-state index in [4.69, 9.17) is 5.73 Å². The molecule has 0 aromatic heterocycles. The Hall–Kier alpha value is -0.870. The van der Waals surface area contributed by atoms with Gasteiger partial charge in [-0.3, -0.25) is 4.99 Å². The molecular formula is C10H17F2N3. The lowest BCUT2D eigenvalue weighted by molar-refractivity contribution is -0.0330. The van der Waals surface area contributed by atoms with Gasteiger partial charge in [0.05, 0.1) is 6.54 Å². The third kappa shape index (κ3) is 2.21. The summed E-state index contributed by atoms with van der Waals surface area (Å²) in [5.74, 6) is -2.69. The van der Waals surface area contributed by atoms with Gasteiger partial charge < -0.3 is 10.6 Å². The fourth-order valence-electron chi connectivity index (χ4n) is 2.07. The number of nitrogens with two attached hydrogens (primary N) is 1. The van der Waals surface area contributed by atoms with E-state index in [1.807, 2.05) is 4.90 Å². The van der Waals surface area contributed by atoms with E-state index in [1.165, 1.54) is 0 Å². The van der Waals surface area contributed by atoms with E-state index in [-0.39, 0.29) is 13.0 Å². The lowest BCUT2D eigenvalue weighted by Crippen LogP contribution is -2.46. The molecule has 1 aliphatic carbocycles. The summed E-state index contributed by atoms with van der Waals surface area (Å²) in [6.45, 7) is 2.00. The molecule has 1 saturated carbocycles. The summed E-state index contributed by atoms with van der Waals surface area (Å²) in [5, 5.41) is 0. The van der Waals surface area contributed by atoms with Gasteiger partial charge in [0.1, 0.15) is 0 Å². The summed E-state index contributed by atoms with van der Waals surface area (Å²) in [7, 11) is 0. The summed E-state index contributed by atoms with van der Waals surface area (Å²) in [4.78, 5) is 5.99. The highest BCUT2D eigenvalue weighted by Gasteiger charge is 2.43. The molecule has 86 valence electrons. The summed E-state index contributed by atoms with van der Waals surface area (Å²) in [5.41, 5.74) is 5.68. The normalized spacial score (nSPS) is 30.4. The van der Waals surface area contributed by atoms with E-state index >= 15 is 0 Å². The zero-order valence-electron chi connectivity index (χ0n) is 8.75. The van der Waals surface area contributed by atoms with Gasteiger partial charge in [0.15, 0.2) is 5.96 Å². The van der Waals surface area contributed by atoms with Crippen LogP contribution in [0.3, 0.4) is 0 Å². The zero-order valence-corrected chi connectivity index (χ0v) is 8.75. The Kier molecular flexibility index (Phi) is 2.80. The van der Waals surface area contributed by atoms with Crippen molar-refractivity contribution < 1.29 is 8.78 Å². The smallest absolute Gasteiger partial charge is 0.252 e. The average molecular weight is 217 g/mol. The summed E-state index contributed by atoms with van der Waals surface area (Å²) in [6.07, 6.45) is 2.31. The molecule has 0 aromatic rings. The second-order valence-corrected chi connectivity index (χ2v) is 4.39. The van der Waals surface area contributed by atoms with Crippen molar-refractivity contribution >= 4 is 5.96 Å². The van der Waals surface area contributed by atoms with Crippen molar-refractivity contribution in [3.63, 3.8) is 0 Å². The molecule has 2 rings (SSSR count). The topological polar surface area (TPSA) is 41.6 Å². The third-order valence-corrected chi connectivity index (χ3v) is 3.31. The van der Waals surface area contributed by atoms with Gasteiger partial charge in [-0.15, -0.1) is 0 Å². The van der Waals surface area contributed by atoms with Crippen LogP contribution in [-0.2, 0) is 0 Å². The van der Waals surface area contributed by atoms with Crippen LogP contribution >= 0.6 is 0 Å². The maximum Gasteiger partial charge on any atom is 0.252 e. The minimum absolute atomic E-state index is 0.0107. The highest BCUT2D eigenvalue weighted by atomic mass is 19.3. The number of rotatable bonds is 2. The zero-order chi connectivity index (χ0) is 10.9. The van der Waals surface area contributed by atoms with Crippen molar-refractivity contribution in [2.75, 3.05) is 19.6 Å². The summed E-state index contributed by atoms with van der Waals surface area (Å²) in [6, 6.07) is 0. The maximum atomic E-state index is 13.2. The number of guanidine groups is 1. The molecular weight excluding hydrogens is 200 g/mol. The molecule has 1 unspecified atom stereocenters. The van der Waals surface area contributed by atoms with Crippen LogP contribution in [-0.4, -0.2) is 36.4 Å². The summed E-state index contributed by atoms with van der Waals surface area (Å²) >= 11 is 0. The van der Waals surface area contributed by atoms with Crippen LogP contribution in [0.15, 0.2) is 4.99 Å². The molecule has 0 spiro atoms. The lowest BCUT2D eigenvalue weighted by Gasteiger charge is -2.32. The van der Waals surface area contributed by atoms with Crippen LogP contribution in [0.25, 0.3) is 0 Å². The molecule has 2 fully saturated rings. The standard InChI is InChI=1S/C10H17F2N3/c11-10(12)4-1-3-8(10)7-14-9(13)15-5-2-6-15/h8H,1-7H2,(H2,13,14). The van der Waals surface area contributed by atoms with E-state index < -0.39 is 11.8 Å². The van der Waals surface area contributed by atoms with E-state index in [2.05, 4.69) is 4.99 Å². The van der Waals surface area contributed by atoms with E-state index in [9.17, 15) is 8.78 Å². The molecule has 3 nitrogen and oxygen atoms in total. The number of nitrogens with zero attached hydrogens (tertiary/aromatic N) is 2. The third-order valence-electron chi connectivity index (χ3n) is 3.31. The Labute approximate surface area is 88.3 Å². The Morgan fingerprint density at radius 1 is 1.40 bits per heavy atom. The Morgan fingerprint density at radius 3 is 2.60 bits per heavy atom. The maximum absolute atomic E-state index is 13.2. The van der Waals surface area contributed by atoms with Gasteiger partial charge in [-0.25, -0.2) is 8.78 Å². The monoisotopic (exact) mass is 217 g/mol. The first-order chi connectivity index (χ1) is 7.09. The van der Waals surface area contributed by atoms with Gasteiger partial charge in [0, 0.05) is 25.4 Å². The number of alkyl halides is 2. The number of likely N-dealkylation sites (tertiary alicyclic amines) is 1. The number of hydrogen-bond donors (Lipinski definition) is 1. The van der Waals surface area contributed by atoms with E-state index in [0.29, 0.717) is 18.8 Å². The molecule has 2 N–H and O–H groups in total. The van der Waals surface area contributed by atoms with Gasteiger partial charge in [-0.05, 0) is 19.3 Å². The molecule has 0 amide bonds. The van der Waals surface area contributed by atoms with Crippen molar-refractivity contribution in [2.45, 2.75) is 31.6 Å². The predicted molar refractivity (Wildman–Crippen MR) is 55.0 cm³/mol. The highest BCUT2D eigenvalue weighted by Crippen LogP contribution is 2.40. The SMILES string of the molecule is NC(=NCC1CCCC1(F)F)N1CCC1. The van der Waals surface area contributed by atoms with Gasteiger partial charge in [0.2, 0.25) is 0 Å². The second-order valence-electron chi connectivity index (χ2n) is 4.39. The van der Waals surface area contributed by atoms with Crippen LogP contribution < -0.4 is 5.73 Å². The predicted octanol–water partition coefficient (Wildman–Crippen LogP) is 1.44. The molecule has 0 radical (unpaired) electrons. The average Bonchev–Trinajstić information content (AvgIpc) is 2.38. The van der Waals surface area contributed by atoms with Gasteiger partial charge in [-0.2, -0.15) is 0 Å². The van der Waals surface area contributed by atoms with Crippen LogP contribution in [0.1, 0.15) is 25.7 Å². The van der Waals surface area contributed by atoms with Gasteiger partial charge >= 0.3 is 0 Å². The largest absolute Gasteiger partial charge is 0.370 e. The number of halogens is 2. The van der Waals surface area contributed by atoms with Crippen LogP contribution in [0.4, 0.5) is 8.78 Å². The quantitative estimate of drug-likeness (QED) is 0.561. The molecule has 15 heavy (non-hydrogen) atoms. The fraction of sp³-hybridized carbons (Fsp3) is 0.900. The fourth-order valence-corrected chi connectivity index (χ4v) is 2.07. The molecule has 0 bridgehead atoms. The van der Waals surface area contributed by atoms with Gasteiger partial charge in [0.25, 0.3) is 5.92 Å². The molecule has 5 heteroatoms. The van der Waals surface area contributed by atoms with E-state index in [0.717, 1.165) is 19.5 Å². The Bertz CT molecular complexity index is 261. The minimum atomic E-state index is -2.53. The van der Waals surface area contributed by atoms with Crippen molar-refractivity contribution in [1.29, 1.82) is 0 Å². The second kappa shape index (κ2) is 3.94. The van der Waals surface area contributed by atoms with E-state index in [1.54, 1.807) is 0 Å². The highest BCUT2D eigenvalue weighted by molar-refractivity contribution is 5.78. The van der Waals surface area contributed by atoms with Crippen molar-refractivity contribution in [3.05, 3.63) is 0 Å². The van der Waals surface area contributed by atoms with Crippen molar-refractivity contribution in [2.24, 2.45) is 16.6 Å². The minimum Gasteiger partial charge on any atom is -0.370 e. The molecule has 1 saturated heterocycles. The first-order valence-electron chi connectivity index (χ1n) is 5.52. The first kappa shape index (κ1) is 10.6. The number of hydrogen-bond acceptors (Lipinski definition) is 1. The van der Waals surface area contributed by atoms with Gasteiger partial charge in [-0.1, -0.05) is 0 Å². The molecule has 2 aliphatic rings. The number of aliphatic imine (C=N–C) groups is 1. The molecule has 1 atom stereocenters. The molecule has 0 aromatic carbocycles. The van der Waals surface area contributed by atoms with Crippen LogP contribution in [0.2, 0.25) is 0 Å².